The number of hydrogen-bond donors (Lipinski definition) is 2. The quantitative estimate of drug-likeness (QED) is 0.206. The number of amides is 1. The molecular weight excluding hydrogens is 404 g/mol. The molecule has 0 saturated heterocycles. The number of nitro groups is 1. The molecular formula is C21H24N4O6. The van der Waals surface area contributed by atoms with Gasteiger partial charge >= 0.3 is 0 Å². The molecule has 0 radical (unpaired) electrons. The van der Waals surface area contributed by atoms with Gasteiger partial charge in [-0.3, -0.25) is 14.9 Å². The number of nitrogens with one attached hydrogen (secondary N) is 1. The van der Waals surface area contributed by atoms with Crippen LogP contribution < -0.4 is 14.8 Å². The molecule has 0 heterocycles. The van der Waals surface area contributed by atoms with Crippen molar-refractivity contribution in [3.05, 3.63) is 64.0 Å². The van der Waals surface area contributed by atoms with Gasteiger partial charge in [-0.15, -0.1) is 10.2 Å². The summed E-state index contributed by atoms with van der Waals surface area (Å²) in [6.07, 6.45) is 0. The van der Waals surface area contributed by atoms with Crippen LogP contribution in [0.25, 0.3) is 0 Å². The van der Waals surface area contributed by atoms with E-state index in [9.17, 15) is 20.0 Å². The van der Waals surface area contributed by atoms with Crippen LogP contribution in [0, 0.1) is 15.5 Å². The summed E-state index contributed by atoms with van der Waals surface area (Å²) in [6.45, 7) is 5.13. The number of carbonyl (C=O) groups is 1. The number of nitro benzene ring substituents is 1. The number of aliphatic hydroxyl groups excluding tert-OH is 1. The number of hydrogen-bond acceptors (Lipinski definition) is 8. The Morgan fingerprint density at radius 1 is 1.10 bits per heavy atom. The van der Waals surface area contributed by atoms with Crippen molar-refractivity contribution in [1.82, 2.24) is 0 Å². The number of allylic oxidation sites excluding steroid dienone is 1. The van der Waals surface area contributed by atoms with E-state index in [0.717, 1.165) is 0 Å². The highest BCUT2D eigenvalue weighted by atomic mass is 16.6. The predicted octanol–water partition coefficient (Wildman–Crippen LogP) is 5.15. The lowest BCUT2D eigenvalue weighted by Gasteiger charge is -2.19. The molecule has 10 heteroatoms. The predicted molar refractivity (Wildman–Crippen MR) is 115 cm³/mol. The lowest BCUT2D eigenvalue weighted by Crippen LogP contribution is -2.20. The van der Waals surface area contributed by atoms with E-state index >= 15 is 0 Å². The largest absolute Gasteiger partial charge is 0.509 e. The first kappa shape index (κ1) is 23.3. The molecule has 2 rings (SSSR count). The summed E-state index contributed by atoms with van der Waals surface area (Å²) >= 11 is 0. The van der Waals surface area contributed by atoms with Crippen LogP contribution in [0.3, 0.4) is 0 Å². The number of aliphatic hydroxyl groups is 1. The molecule has 0 aliphatic rings. The van der Waals surface area contributed by atoms with Gasteiger partial charge in [-0.25, -0.2) is 0 Å². The molecule has 2 aromatic rings. The smallest absolute Gasteiger partial charge is 0.279 e. The fraction of sp³-hybridized carbons (Fsp3) is 0.286. The number of benzene rings is 2. The highest BCUT2D eigenvalue weighted by Gasteiger charge is 2.26. The monoisotopic (exact) mass is 428 g/mol. The van der Waals surface area contributed by atoms with E-state index in [1.165, 1.54) is 32.4 Å². The molecule has 164 valence electrons. The third-order valence-electron chi connectivity index (χ3n) is 4.14. The van der Waals surface area contributed by atoms with Crippen LogP contribution in [0.15, 0.2) is 64.1 Å². The van der Waals surface area contributed by atoms with Gasteiger partial charge in [-0.1, -0.05) is 32.9 Å². The van der Waals surface area contributed by atoms with Crippen LogP contribution in [-0.4, -0.2) is 30.2 Å². The molecule has 2 N–H and O–H groups in total. The number of carbonyl (C=O) groups excluding carboxylic acids is 1. The van der Waals surface area contributed by atoms with Gasteiger partial charge < -0.3 is 19.9 Å². The normalized spacial score (nSPS) is 12.3. The molecule has 0 saturated carbocycles. The van der Waals surface area contributed by atoms with Crippen LogP contribution in [-0.2, 0) is 4.79 Å². The van der Waals surface area contributed by atoms with Gasteiger partial charge in [-0.05, 0) is 18.2 Å². The number of rotatable bonds is 7. The van der Waals surface area contributed by atoms with Crippen LogP contribution in [0.5, 0.6) is 11.5 Å². The van der Waals surface area contributed by atoms with Crippen molar-refractivity contribution in [3.63, 3.8) is 0 Å². The number of methoxy groups -OCH3 is 2. The maximum Gasteiger partial charge on any atom is 0.279 e. The summed E-state index contributed by atoms with van der Waals surface area (Å²) in [5, 5.41) is 32.2. The van der Waals surface area contributed by atoms with Crippen molar-refractivity contribution in [2.24, 2.45) is 15.6 Å². The standard InChI is InChI=1S/C21H24N4O6/c1-21(2,3)19(26)18(20(27)22-14-8-6-7-9-16(14)30-4)24-23-15-11-10-13(25(28)29)12-17(15)31-5/h6-12,26H,1-5H3,(H,22,27)/b19-18-,24-23?. The van der Waals surface area contributed by atoms with Gasteiger partial charge in [0.2, 0.25) is 0 Å². The Morgan fingerprint density at radius 3 is 2.32 bits per heavy atom. The summed E-state index contributed by atoms with van der Waals surface area (Å²) < 4.78 is 10.4. The maximum absolute atomic E-state index is 12.9. The molecule has 0 unspecified atom stereocenters. The van der Waals surface area contributed by atoms with Crippen molar-refractivity contribution in [2.75, 3.05) is 19.5 Å². The second-order valence-corrected chi connectivity index (χ2v) is 7.41. The number of non-ortho nitro benzene ring substituents is 1. The first-order chi connectivity index (χ1) is 14.6. The van der Waals surface area contributed by atoms with Gasteiger partial charge in [0.05, 0.1) is 30.9 Å². The SMILES string of the molecule is COc1cc([N+](=O)[O-])ccc1N=N/C(C(=O)Nc1ccccc1OC)=C(\O)C(C)(C)C. The molecule has 0 atom stereocenters. The van der Waals surface area contributed by atoms with Gasteiger partial charge in [0.25, 0.3) is 11.6 Å². The zero-order valence-electron chi connectivity index (χ0n) is 17.9. The number of anilines is 1. The first-order valence-electron chi connectivity index (χ1n) is 9.20. The molecule has 0 aliphatic heterocycles. The Balaban J connectivity index is 2.47. The lowest BCUT2D eigenvalue weighted by molar-refractivity contribution is -0.384. The molecule has 31 heavy (non-hydrogen) atoms. The van der Waals surface area contributed by atoms with Gasteiger partial charge in [-0.2, -0.15) is 0 Å². The Bertz CT molecular complexity index is 1040. The lowest BCUT2D eigenvalue weighted by atomic mass is 9.92. The Morgan fingerprint density at radius 2 is 1.74 bits per heavy atom. The zero-order chi connectivity index (χ0) is 23.2. The fourth-order valence-corrected chi connectivity index (χ4v) is 2.45. The average molecular weight is 428 g/mol. The van der Waals surface area contributed by atoms with E-state index in [-0.39, 0.29) is 28.6 Å². The van der Waals surface area contributed by atoms with E-state index in [1.807, 2.05) is 0 Å². The molecule has 0 fully saturated rings. The van der Waals surface area contributed by atoms with Crippen LogP contribution in [0.4, 0.5) is 17.1 Å². The van der Waals surface area contributed by atoms with Crippen LogP contribution in [0.1, 0.15) is 20.8 Å². The number of para-hydroxylation sites is 2. The summed E-state index contributed by atoms with van der Waals surface area (Å²) in [6, 6.07) is 10.5. The Labute approximate surface area is 179 Å². The van der Waals surface area contributed by atoms with Gasteiger partial charge in [0.15, 0.2) is 11.4 Å². The van der Waals surface area contributed by atoms with Crippen molar-refractivity contribution < 1.29 is 24.3 Å². The minimum atomic E-state index is -0.800. The van der Waals surface area contributed by atoms with Crippen LogP contribution in [0.2, 0.25) is 0 Å². The van der Waals surface area contributed by atoms with Crippen molar-refractivity contribution in [2.45, 2.75) is 20.8 Å². The van der Waals surface area contributed by atoms with Gasteiger partial charge in [0, 0.05) is 11.5 Å². The van der Waals surface area contributed by atoms with Gasteiger partial charge in [0.1, 0.15) is 17.2 Å². The summed E-state index contributed by atoms with van der Waals surface area (Å²) in [7, 11) is 2.80. The maximum atomic E-state index is 12.9. The average Bonchev–Trinajstić information content (AvgIpc) is 2.73. The van der Waals surface area contributed by atoms with E-state index in [4.69, 9.17) is 9.47 Å². The van der Waals surface area contributed by atoms with E-state index < -0.39 is 16.2 Å². The minimum Gasteiger partial charge on any atom is -0.509 e. The second-order valence-electron chi connectivity index (χ2n) is 7.41. The summed E-state index contributed by atoms with van der Waals surface area (Å²) in [5.74, 6) is -0.469. The molecule has 0 bridgehead atoms. The molecule has 0 aliphatic carbocycles. The number of ether oxygens (including phenoxy) is 2. The minimum absolute atomic E-state index is 0.0951. The highest BCUT2D eigenvalue weighted by molar-refractivity contribution is 6.04. The van der Waals surface area contributed by atoms with E-state index in [2.05, 4.69) is 15.5 Å². The van der Waals surface area contributed by atoms with Crippen molar-refractivity contribution >= 4 is 23.0 Å². The molecule has 0 spiro atoms. The highest BCUT2D eigenvalue weighted by Crippen LogP contribution is 2.34. The van der Waals surface area contributed by atoms with Crippen LogP contribution >= 0.6 is 0 Å². The summed E-state index contributed by atoms with van der Waals surface area (Å²) in [4.78, 5) is 23.3. The van der Waals surface area contributed by atoms with E-state index in [1.54, 1.807) is 45.0 Å². The fourth-order valence-electron chi connectivity index (χ4n) is 2.45. The Hall–Kier alpha value is -3.95. The third-order valence-corrected chi connectivity index (χ3v) is 4.14. The molecule has 2 aromatic carbocycles. The molecule has 1 amide bonds. The molecule has 10 nitrogen and oxygen atoms in total. The number of nitrogens with zero attached hydrogens (tertiary/aromatic N) is 3. The summed E-state index contributed by atoms with van der Waals surface area (Å²) in [5.41, 5.74) is -0.766. The second kappa shape index (κ2) is 9.70. The topological polar surface area (TPSA) is 136 Å². The zero-order valence-corrected chi connectivity index (χ0v) is 17.9. The first-order valence-corrected chi connectivity index (χ1v) is 9.20. The molecule has 0 aromatic heterocycles. The van der Waals surface area contributed by atoms with Crippen molar-refractivity contribution in [1.29, 1.82) is 0 Å². The van der Waals surface area contributed by atoms with E-state index in [0.29, 0.717) is 11.4 Å². The number of azo groups is 1. The Kier molecular flexibility index (Phi) is 7.30. The van der Waals surface area contributed by atoms with Crippen molar-refractivity contribution in [3.8, 4) is 11.5 Å². The third kappa shape index (κ3) is 5.78.